The fourth-order valence-corrected chi connectivity index (χ4v) is 2.35. The van der Waals surface area contributed by atoms with Gasteiger partial charge in [0.2, 0.25) is 0 Å². The van der Waals surface area contributed by atoms with E-state index >= 15 is 0 Å². The minimum absolute atomic E-state index is 0. The number of aromatic nitrogens is 1. The quantitative estimate of drug-likeness (QED) is 0.591. The zero-order chi connectivity index (χ0) is 12.3. The monoisotopic (exact) mass is 319 g/mol. The number of aliphatic hydroxyl groups is 1. The number of piperidine rings is 1. The van der Waals surface area contributed by atoms with E-state index in [0.717, 1.165) is 19.4 Å². The van der Waals surface area contributed by atoms with Gasteiger partial charge in [0.05, 0.1) is 13.6 Å². The van der Waals surface area contributed by atoms with Gasteiger partial charge in [-0.25, -0.2) is 0 Å². The van der Waals surface area contributed by atoms with Crippen molar-refractivity contribution in [3.05, 3.63) is 12.3 Å². The Hall–Kier alpha value is -0.920. The van der Waals surface area contributed by atoms with Crippen LogP contribution in [0.5, 0.6) is 0 Å². The van der Waals surface area contributed by atoms with Gasteiger partial charge in [-0.15, -0.1) is 0 Å². The first-order valence-electron chi connectivity index (χ1n) is 5.79. The Morgan fingerprint density at radius 2 is 2.50 bits per heavy atom. The average molecular weight is 320 g/mol. The third kappa shape index (κ3) is 4.08. The van der Waals surface area contributed by atoms with Crippen LogP contribution in [-0.2, 0) is 4.79 Å². The van der Waals surface area contributed by atoms with Gasteiger partial charge in [0, 0.05) is 6.07 Å². The summed E-state index contributed by atoms with van der Waals surface area (Å²) in [7, 11) is 1.99. The summed E-state index contributed by atoms with van der Waals surface area (Å²) in [5.74, 6) is 0.328. The molecule has 1 aromatic heterocycles. The van der Waals surface area contributed by atoms with E-state index in [9.17, 15) is 9.90 Å². The first-order chi connectivity index (χ1) is 8.07. The first kappa shape index (κ1) is 15.1. The van der Waals surface area contributed by atoms with Crippen molar-refractivity contribution in [2.24, 2.45) is 0 Å². The van der Waals surface area contributed by atoms with Crippen LogP contribution < -0.4 is 22.3 Å². The second-order valence-corrected chi connectivity index (χ2v) is 4.91. The SMILES string of the molecule is C[N+]1(CC(=O)Nc2ccon2)CCCC(O)C1.[Br-]. The average Bonchev–Trinajstić information content (AvgIpc) is 2.68. The Morgan fingerprint density at radius 3 is 3.11 bits per heavy atom. The van der Waals surface area contributed by atoms with E-state index in [0.29, 0.717) is 23.4 Å². The largest absolute Gasteiger partial charge is 1.00 e. The van der Waals surface area contributed by atoms with Crippen LogP contribution in [0.1, 0.15) is 12.8 Å². The molecule has 2 unspecified atom stereocenters. The van der Waals surface area contributed by atoms with E-state index in [-0.39, 0.29) is 29.0 Å². The number of hydrogen-bond donors (Lipinski definition) is 2. The molecule has 7 heteroatoms. The first-order valence-corrected chi connectivity index (χ1v) is 5.79. The van der Waals surface area contributed by atoms with Gasteiger partial charge >= 0.3 is 0 Å². The summed E-state index contributed by atoms with van der Waals surface area (Å²) in [6, 6.07) is 1.60. The van der Waals surface area contributed by atoms with E-state index in [1.807, 2.05) is 7.05 Å². The molecule has 2 rings (SSSR count). The van der Waals surface area contributed by atoms with Crippen molar-refractivity contribution in [1.29, 1.82) is 0 Å². The normalized spacial score (nSPS) is 27.3. The number of halogens is 1. The molecule has 1 saturated heterocycles. The molecule has 0 saturated carbocycles. The lowest BCUT2D eigenvalue weighted by atomic mass is 10.1. The number of carbonyl (C=O) groups is 1. The van der Waals surface area contributed by atoms with E-state index < -0.39 is 0 Å². The maximum absolute atomic E-state index is 11.8. The second-order valence-electron chi connectivity index (χ2n) is 4.91. The van der Waals surface area contributed by atoms with E-state index in [2.05, 4.69) is 15.0 Å². The van der Waals surface area contributed by atoms with E-state index in [4.69, 9.17) is 0 Å². The van der Waals surface area contributed by atoms with Crippen LogP contribution in [0.3, 0.4) is 0 Å². The van der Waals surface area contributed by atoms with Crippen molar-refractivity contribution in [3.63, 3.8) is 0 Å². The molecule has 2 atom stereocenters. The molecule has 18 heavy (non-hydrogen) atoms. The number of quaternary nitrogens is 1. The molecular formula is C11H18BrN3O3. The lowest BCUT2D eigenvalue weighted by Crippen LogP contribution is -3.00. The van der Waals surface area contributed by atoms with Crippen molar-refractivity contribution < 1.29 is 35.9 Å². The van der Waals surface area contributed by atoms with Crippen molar-refractivity contribution in [2.45, 2.75) is 18.9 Å². The van der Waals surface area contributed by atoms with Gasteiger partial charge in [-0.05, 0) is 12.8 Å². The van der Waals surface area contributed by atoms with Gasteiger partial charge < -0.3 is 36.4 Å². The highest BCUT2D eigenvalue weighted by molar-refractivity contribution is 5.90. The van der Waals surface area contributed by atoms with Crippen molar-refractivity contribution in [2.75, 3.05) is 32.0 Å². The number of carbonyl (C=O) groups excluding carboxylic acids is 1. The van der Waals surface area contributed by atoms with Gasteiger partial charge in [-0.3, -0.25) is 4.79 Å². The van der Waals surface area contributed by atoms with Crippen molar-refractivity contribution in [1.82, 2.24) is 5.16 Å². The summed E-state index contributed by atoms with van der Waals surface area (Å²) in [5.41, 5.74) is 0. The lowest BCUT2D eigenvalue weighted by molar-refractivity contribution is -0.909. The maximum atomic E-state index is 11.8. The van der Waals surface area contributed by atoms with Gasteiger partial charge in [-0.2, -0.15) is 0 Å². The molecule has 0 bridgehead atoms. The zero-order valence-electron chi connectivity index (χ0n) is 10.3. The predicted octanol–water partition coefficient (Wildman–Crippen LogP) is -2.78. The van der Waals surface area contributed by atoms with Gasteiger partial charge in [0.1, 0.15) is 18.9 Å². The summed E-state index contributed by atoms with van der Waals surface area (Å²) in [4.78, 5) is 11.8. The predicted molar refractivity (Wildman–Crippen MR) is 61.2 cm³/mol. The van der Waals surface area contributed by atoms with Crippen LogP contribution in [0.4, 0.5) is 5.82 Å². The van der Waals surface area contributed by atoms with Gasteiger partial charge in [0.25, 0.3) is 5.91 Å². The Morgan fingerprint density at radius 1 is 1.72 bits per heavy atom. The second kappa shape index (κ2) is 6.31. The Kier molecular flexibility index (Phi) is 5.30. The highest BCUT2D eigenvalue weighted by atomic mass is 79.9. The summed E-state index contributed by atoms with van der Waals surface area (Å²) in [6.45, 7) is 1.90. The van der Waals surface area contributed by atoms with Crippen LogP contribution >= 0.6 is 0 Å². The third-order valence-electron chi connectivity index (χ3n) is 3.12. The summed E-state index contributed by atoms with van der Waals surface area (Å²) < 4.78 is 5.21. The van der Waals surface area contributed by atoms with Crippen LogP contribution in [-0.4, -0.2) is 53.4 Å². The Labute approximate surface area is 116 Å². The highest BCUT2D eigenvalue weighted by Crippen LogP contribution is 2.16. The summed E-state index contributed by atoms with van der Waals surface area (Å²) in [5, 5.41) is 15.9. The molecule has 1 aliphatic heterocycles. The number of amides is 1. The zero-order valence-corrected chi connectivity index (χ0v) is 11.9. The third-order valence-corrected chi connectivity index (χ3v) is 3.12. The maximum Gasteiger partial charge on any atom is 0.280 e. The number of likely N-dealkylation sites (N-methyl/N-ethyl adjacent to an activating group) is 1. The number of rotatable bonds is 3. The minimum atomic E-state index is -0.298. The number of nitrogens with zero attached hydrogens (tertiary/aromatic N) is 2. The van der Waals surface area contributed by atoms with Crippen molar-refractivity contribution >= 4 is 11.7 Å². The molecule has 1 fully saturated rings. The lowest BCUT2D eigenvalue weighted by Gasteiger charge is -2.39. The molecule has 0 spiro atoms. The molecule has 1 amide bonds. The van der Waals surface area contributed by atoms with E-state index in [1.165, 1.54) is 6.26 Å². The number of nitrogens with one attached hydrogen (secondary N) is 1. The molecule has 2 N–H and O–H groups in total. The van der Waals surface area contributed by atoms with Crippen molar-refractivity contribution in [3.8, 4) is 0 Å². The molecule has 1 aliphatic rings. The summed E-state index contributed by atoms with van der Waals surface area (Å²) in [6.07, 6.45) is 2.90. The molecule has 6 nitrogen and oxygen atoms in total. The number of anilines is 1. The number of likely N-dealkylation sites (tertiary alicyclic amines) is 1. The molecular weight excluding hydrogens is 302 g/mol. The minimum Gasteiger partial charge on any atom is -1.00 e. The molecule has 2 heterocycles. The molecule has 0 aliphatic carbocycles. The summed E-state index contributed by atoms with van der Waals surface area (Å²) >= 11 is 0. The van der Waals surface area contributed by atoms with Gasteiger partial charge in [-0.1, -0.05) is 5.16 Å². The molecule has 102 valence electrons. The molecule has 0 radical (unpaired) electrons. The standard InChI is InChI=1S/C11H17N3O3.BrH/c1-14(5-2-3-9(15)7-14)8-11(16)12-10-4-6-17-13-10;/h4,6,9,15H,2-3,5,7-8H2,1H3;1H. The highest BCUT2D eigenvalue weighted by Gasteiger charge is 2.32. The molecule has 0 aromatic carbocycles. The number of aliphatic hydroxyl groups excluding tert-OH is 1. The van der Waals surface area contributed by atoms with Crippen LogP contribution in [0.15, 0.2) is 16.9 Å². The van der Waals surface area contributed by atoms with Crippen LogP contribution in [0.2, 0.25) is 0 Å². The van der Waals surface area contributed by atoms with Crippen LogP contribution in [0, 0.1) is 0 Å². The van der Waals surface area contributed by atoms with E-state index in [1.54, 1.807) is 6.07 Å². The fourth-order valence-electron chi connectivity index (χ4n) is 2.35. The Balaban J connectivity index is 0.00000162. The Bertz CT molecular complexity index is 385. The fraction of sp³-hybridized carbons (Fsp3) is 0.636. The van der Waals surface area contributed by atoms with Gasteiger partial charge in [0.15, 0.2) is 12.4 Å². The topological polar surface area (TPSA) is 75.4 Å². The number of hydrogen-bond acceptors (Lipinski definition) is 4. The molecule has 1 aromatic rings. The van der Waals surface area contributed by atoms with Crippen LogP contribution in [0.25, 0.3) is 0 Å². The smallest absolute Gasteiger partial charge is 0.280 e.